The van der Waals surface area contributed by atoms with Gasteiger partial charge in [0.1, 0.15) is 5.60 Å². The molecule has 0 aromatic heterocycles. The van der Waals surface area contributed by atoms with Crippen molar-refractivity contribution in [3.05, 3.63) is 29.8 Å². The molecule has 1 rings (SSSR count). The van der Waals surface area contributed by atoms with Crippen LogP contribution in [0.25, 0.3) is 0 Å². The normalized spacial score (nSPS) is 12.1. The molecule has 1 aromatic rings. The molecule has 0 aliphatic heterocycles. The lowest BCUT2D eigenvalue weighted by molar-refractivity contribution is -0.154. The van der Waals surface area contributed by atoms with Crippen LogP contribution in [0.2, 0.25) is 0 Å². The lowest BCUT2D eigenvalue weighted by Gasteiger charge is -2.19. The van der Waals surface area contributed by atoms with Gasteiger partial charge in [-0.2, -0.15) is 0 Å². The van der Waals surface area contributed by atoms with Crippen molar-refractivity contribution in [3.63, 3.8) is 0 Å². The fraction of sp³-hybridized carbons (Fsp3) is 0.429. The number of rotatable bonds is 5. The quantitative estimate of drug-likeness (QED) is 0.251. The second-order valence-corrected chi connectivity index (χ2v) is 5.33. The van der Waals surface area contributed by atoms with Crippen LogP contribution in [0, 0.1) is 0 Å². The number of anilines is 1. The number of benzene rings is 1. The fourth-order valence-corrected chi connectivity index (χ4v) is 1.52. The summed E-state index contributed by atoms with van der Waals surface area (Å²) in [5, 5.41) is 14.6. The van der Waals surface area contributed by atoms with Gasteiger partial charge in [0.25, 0.3) is 0 Å². The van der Waals surface area contributed by atoms with Gasteiger partial charge in [-0.25, -0.2) is 0 Å². The number of esters is 1. The molecule has 0 atom stereocenters. The van der Waals surface area contributed by atoms with Crippen LogP contribution in [-0.4, -0.2) is 29.2 Å². The van der Waals surface area contributed by atoms with Crippen molar-refractivity contribution < 1.29 is 14.7 Å². The summed E-state index contributed by atoms with van der Waals surface area (Å²) < 4.78 is 5.20. The maximum absolute atomic E-state index is 11.5. The lowest BCUT2D eigenvalue weighted by Crippen LogP contribution is -2.25. The Morgan fingerprint density at radius 2 is 1.95 bits per heavy atom. The number of hydrogen-bond acceptors (Lipinski definition) is 5. The molecule has 0 saturated heterocycles. The Hall–Kier alpha value is -2.24. The third kappa shape index (κ3) is 5.60. The van der Waals surface area contributed by atoms with Crippen LogP contribution in [0.5, 0.6) is 0 Å². The van der Waals surface area contributed by atoms with Crippen LogP contribution in [0.1, 0.15) is 32.8 Å². The van der Waals surface area contributed by atoms with Crippen molar-refractivity contribution >= 4 is 17.5 Å². The van der Waals surface area contributed by atoms with E-state index in [1.54, 1.807) is 24.3 Å². The van der Waals surface area contributed by atoms with Crippen molar-refractivity contribution in [1.29, 1.82) is 0 Å². The predicted octanol–water partition coefficient (Wildman–Crippen LogP) is 1.92. The van der Waals surface area contributed by atoms with E-state index in [1.165, 1.54) is 0 Å². The van der Waals surface area contributed by atoms with Crippen molar-refractivity contribution in [1.82, 2.24) is 0 Å². The monoisotopic (exact) mass is 279 g/mol. The van der Waals surface area contributed by atoms with Crippen LogP contribution in [-0.2, 0) is 9.53 Å². The first-order valence-electron chi connectivity index (χ1n) is 6.35. The van der Waals surface area contributed by atoms with Crippen LogP contribution >= 0.6 is 0 Å². The van der Waals surface area contributed by atoms with Crippen LogP contribution in [0.4, 0.5) is 5.69 Å². The molecule has 0 bridgehead atoms. The van der Waals surface area contributed by atoms with E-state index in [-0.39, 0.29) is 11.8 Å². The molecule has 1 aromatic carbocycles. The van der Waals surface area contributed by atoms with Crippen molar-refractivity contribution in [3.8, 4) is 0 Å². The number of carbonyl (C=O) groups excluding carboxylic acids is 1. The Morgan fingerprint density at radius 3 is 2.45 bits per heavy atom. The highest BCUT2D eigenvalue weighted by atomic mass is 16.6. The molecule has 20 heavy (non-hydrogen) atoms. The third-order valence-corrected chi connectivity index (χ3v) is 2.37. The zero-order chi connectivity index (χ0) is 15.2. The molecule has 0 saturated carbocycles. The maximum atomic E-state index is 11.5. The Kier molecular flexibility index (Phi) is 5.37. The molecule has 0 heterocycles. The number of oxime groups is 1. The minimum atomic E-state index is -0.458. The molecular formula is C14H21N3O3. The minimum Gasteiger partial charge on any atom is -0.460 e. The van der Waals surface area contributed by atoms with E-state index in [0.29, 0.717) is 18.5 Å². The summed E-state index contributed by atoms with van der Waals surface area (Å²) in [4.78, 5) is 11.5. The number of nitrogens with zero attached hydrogens (tertiary/aromatic N) is 1. The average Bonchev–Trinajstić information content (AvgIpc) is 2.36. The molecule has 0 spiro atoms. The van der Waals surface area contributed by atoms with E-state index in [4.69, 9.17) is 15.7 Å². The van der Waals surface area contributed by atoms with Crippen molar-refractivity contribution in [2.45, 2.75) is 32.8 Å². The van der Waals surface area contributed by atoms with E-state index < -0.39 is 5.60 Å². The Morgan fingerprint density at radius 1 is 1.35 bits per heavy atom. The summed E-state index contributed by atoms with van der Waals surface area (Å²) in [5.41, 5.74) is 6.48. The lowest BCUT2D eigenvalue weighted by atomic mass is 10.2. The van der Waals surface area contributed by atoms with Crippen LogP contribution < -0.4 is 11.1 Å². The van der Waals surface area contributed by atoms with Crippen LogP contribution in [0.15, 0.2) is 29.4 Å². The highest BCUT2D eigenvalue weighted by molar-refractivity contribution is 5.97. The van der Waals surface area contributed by atoms with Gasteiger partial charge < -0.3 is 21.0 Å². The van der Waals surface area contributed by atoms with Gasteiger partial charge in [0.15, 0.2) is 5.84 Å². The van der Waals surface area contributed by atoms with Gasteiger partial charge in [0.05, 0.1) is 6.42 Å². The number of nitrogens with one attached hydrogen (secondary N) is 1. The smallest absolute Gasteiger partial charge is 0.308 e. The molecule has 6 nitrogen and oxygen atoms in total. The first kappa shape index (κ1) is 15.8. The molecule has 0 unspecified atom stereocenters. The largest absolute Gasteiger partial charge is 0.460 e. The van der Waals surface area contributed by atoms with Gasteiger partial charge in [-0.05, 0) is 45.0 Å². The van der Waals surface area contributed by atoms with Gasteiger partial charge in [-0.15, -0.1) is 0 Å². The van der Waals surface area contributed by atoms with Gasteiger partial charge in [0.2, 0.25) is 0 Å². The topological polar surface area (TPSA) is 96.9 Å². The number of amidine groups is 1. The van der Waals surface area contributed by atoms with E-state index in [2.05, 4.69) is 10.5 Å². The van der Waals surface area contributed by atoms with Gasteiger partial charge >= 0.3 is 5.97 Å². The standard InChI is InChI=1S/C14H21N3O3/c1-14(2,3)20-12(18)8-9-16-11-6-4-10(5-7-11)13(15)17-19/h4-7,16,19H,8-9H2,1-3H3,(H2,15,17). The van der Waals surface area contributed by atoms with Gasteiger partial charge in [-0.3, -0.25) is 4.79 Å². The number of nitrogens with two attached hydrogens (primary N) is 1. The first-order chi connectivity index (χ1) is 9.31. The van der Waals surface area contributed by atoms with E-state index in [1.807, 2.05) is 20.8 Å². The second-order valence-electron chi connectivity index (χ2n) is 5.33. The molecule has 0 aliphatic rings. The minimum absolute atomic E-state index is 0.0605. The molecule has 4 N–H and O–H groups in total. The molecule has 0 amide bonds. The van der Waals surface area contributed by atoms with Crippen LogP contribution in [0.3, 0.4) is 0 Å². The highest BCUT2D eigenvalue weighted by Crippen LogP contribution is 2.11. The summed E-state index contributed by atoms with van der Waals surface area (Å²) in [6.45, 7) is 6.00. The second kappa shape index (κ2) is 6.79. The number of carbonyl (C=O) groups is 1. The van der Waals surface area contributed by atoms with E-state index in [0.717, 1.165) is 5.69 Å². The maximum Gasteiger partial charge on any atom is 0.308 e. The molecular weight excluding hydrogens is 258 g/mol. The summed E-state index contributed by atoms with van der Waals surface area (Å²) in [5.74, 6) is -0.177. The first-order valence-corrected chi connectivity index (χ1v) is 6.35. The molecule has 6 heteroatoms. The fourth-order valence-electron chi connectivity index (χ4n) is 1.52. The summed E-state index contributed by atoms with van der Waals surface area (Å²) >= 11 is 0. The molecule has 0 aliphatic carbocycles. The Balaban J connectivity index is 2.41. The summed E-state index contributed by atoms with van der Waals surface area (Å²) in [6, 6.07) is 7.04. The van der Waals surface area contributed by atoms with Crippen molar-refractivity contribution in [2.75, 3.05) is 11.9 Å². The molecule has 0 radical (unpaired) electrons. The van der Waals surface area contributed by atoms with Gasteiger partial charge in [0, 0.05) is 17.8 Å². The summed E-state index contributed by atoms with van der Waals surface area (Å²) in [6.07, 6.45) is 0.291. The zero-order valence-electron chi connectivity index (χ0n) is 12.0. The van der Waals surface area contributed by atoms with Gasteiger partial charge in [-0.1, -0.05) is 5.16 Å². The predicted molar refractivity (Wildman–Crippen MR) is 77.9 cm³/mol. The highest BCUT2D eigenvalue weighted by Gasteiger charge is 2.15. The SMILES string of the molecule is CC(C)(C)OC(=O)CCNc1ccc(/C(N)=N/O)cc1. The van der Waals surface area contributed by atoms with Crippen molar-refractivity contribution in [2.24, 2.45) is 10.9 Å². The zero-order valence-corrected chi connectivity index (χ0v) is 12.0. The third-order valence-electron chi connectivity index (χ3n) is 2.37. The molecule has 110 valence electrons. The number of ether oxygens (including phenoxy) is 1. The van der Waals surface area contributed by atoms with E-state index >= 15 is 0 Å². The average molecular weight is 279 g/mol. The molecule has 0 fully saturated rings. The Labute approximate surface area is 118 Å². The number of hydrogen-bond donors (Lipinski definition) is 3. The Bertz CT molecular complexity index is 475. The van der Waals surface area contributed by atoms with E-state index in [9.17, 15) is 4.79 Å². The summed E-state index contributed by atoms with van der Waals surface area (Å²) in [7, 11) is 0.